The van der Waals surface area contributed by atoms with E-state index in [-0.39, 0.29) is 41.6 Å². The van der Waals surface area contributed by atoms with Gasteiger partial charge in [-0.1, -0.05) is 29.3 Å². The average Bonchev–Trinajstić information content (AvgIpc) is 3.13. The molecule has 2 aliphatic rings. The number of carbonyl (C=O) groups is 2. The molecule has 3 amide bonds. The first-order valence-electron chi connectivity index (χ1n) is 9.99. The number of rotatable bonds is 3. The fraction of sp³-hybridized carbons (Fsp3) is 0.286. The molecule has 1 aromatic heterocycles. The first kappa shape index (κ1) is 24.1. The molecule has 0 fully saturated rings. The SMILES string of the molecule is NC(=O)c1c(-c2ccc(Cl)c(Cl)c2)nn2c1CN(C(=O)NC1=CC(C(F)(F)F)CC(F)=C1)CC2. The van der Waals surface area contributed by atoms with Crippen molar-refractivity contribution in [2.45, 2.75) is 25.7 Å². The minimum Gasteiger partial charge on any atom is -0.365 e. The fourth-order valence-corrected chi connectivity index (χ4v) is 4.15. The van der Waals surface area contributed by atoms with Crippen LogP contribution in [0.1, 0.15) is 22.5 Å². The Kier molecular flexibility index (Phi) is 6.34. The summed E-state index contributed by atoms with van der Waals surface area (Å²) in [7, 11) is 0. The molecule has 2 heterocycles. The fourth-order valence-electron chi connectivity index (χ4n) is 3.85. The van der Waals surface area contributed by atoms with E-state index in [9.17, 15) is 27.2 Å². The molecule has 0 saturated heterocycles. The van der Waals surface area contributed by atoms with Crippen molar-refractivity contribution in [2.75, 3.05) is 6.54 Å². The van der Waals surface area contributed by atoms with E-state index in [0.29, 0.717) is 16.3 Å². The minimum atomic E-state index is -4.64. The molecule has 0 radical (unpaired) electrons. The van der Waals surface area contributed by atoms with Gasteiger partial charge in [-0.15, -0.1) is 0 Å². The second kappa shape index (κ2) is 8.95. The zero-order valence-electron chi connectivity index (χ0n) is 17.3. The van der Waals surface area contributed by atoms with Crippen LogP contribution in [0.3, 0.4) is 0 Å². The van der Waals surface area contributed by atoms with E-state index in [0.717, 1.165) is 12.2 Å². The van der Waals surface area contributed by atoms with E-state index >= 15 is 0 Å². The van der Waals surface area contributed by atoms with Crippen molar-refractivity contribution in [3.8, 4) is 11.3 Å². The molecular formula is C21H17Cl2F4N5O2. The van der Waals surface area contributed by atoms with Crippen molar-refractivity contribution in [3.63, 3.8) is 0 Å². The molecule has 1 unspecified atom stereocenters. The molecular weight excluding hydrogens is 501 g/mol. The predicted octanol–water partition coefficient (Wildman–Crippen LogP) is 4.80. The average molecular weight is 518 g/mol. The Balaban J connectivity index is 1.59. The number of allylic oxidation sites excluding steroid dienone is 3. The van der Waals surface area contributed by atoms with Crippen LogP contribution < -0.4 is 11.1 Å². The number of hydrogen-bond donors (Lipinski definition) is 2. The summed E-state index contributed by atoms with van der Waals surface area (Å²) >= 11 is 12.0. The lowest BCUT2D eigenvalue weighted by molar-refractivity contribution is -0.162. The Labute approximate surface area is 200 Å². The van der Waals surface area contributed by atoms with Gasteiger partial charge in [0.1, 0.15) is 11.5 Å². The lowest BCUT2D eigenvalue weighted by atomic mass is 9.98. The van der Waals surface area contributed by atoms with Gasteiger partial charge in [-0.05, 0) is 24.3 Å². The van der Waals surface area contributed by atoms with Gasteiger partial charge in [0.25, 0.3) is 5.91 Å². The summed E-state index contributed by atoms with van der Waals surface area (Å²) in [5, 5.41) is 7.30. The Morgan fingerprint density at radius 1 is 1.18 bits per heavy atom. The van der Waals surface area contributed by atoms with E-state index in [2.05, 4.69) is 10.4 Å². The molecule has 0 saturated carbocycles. The molecule has 1 aliphatic heterocycles. The third-order valence-electron chi connectivity index (χ3n) is 5.49. The van der Waals surface area contributed by atoms with E-state index in [4.69, 9.17) is 28.9 Å². The minimum absolute atomic E-state index is 0.0795. The maximum atomic E-state index is 13.7. The lowest BCUT2D eigenvalue weighted by Gasteiger charge is -2.29. The number of amides is 3. The van der Waals surface area contributed by atoms with Crippen molar-refractivity contribution in [2.24, 2.45) is 11.7 Å². The van der Waals surface area contributed by atoms with Gasteiger partial charge in [0.2, 0.25) is 0 Å². The van der Waals surface area contributed by atoms with Crippen LogP contribution in [-0.4, -0.2) is 39.3 Å². The number of nitrogens with one attached hydrogen (secondary N) is 1. The van der Waals surface area contributed by atoms with Crippen molar-refractivity contribution >= 4 is 35.1 Å². The Hall–Kier alpha value is -3.05. The van der Waals surface area contributed by atoms with E-state index in [1.54, 1.807) is 12.1 Å². The van der Waals surface area contributed by atoms with Gasteiger partial charge in [0.15, 0.2) is 0 Å². The third kappa shape index (κ3) is 4.76. The van der Waals surface area contributed by atoms with Gasteiger partial charge in [0.05, 0.1) is 40.3 Å². The Bertz CT molecular complexity index is 1240. The molecule has 34 heavy (non-hydrogen) atoms. The van der Waals surface area contributed by atoms with Crippen LogP contribution in [0, 0.1) is 5.92 Å². The van der Waals surface area contributed by atoms with Gasteiger partial charge in [-0.3, -0.25) is 9.48 Å². The van der Waals surface area contributed by atoms with E-state index < -0.39 is 36.3 Å². The van der Waals surface area contributed by atoms with E-state index in [1.807, 2.05) is 0 Å². The number of aromatic nitrogens is 2. The molecule has 180 valence electrons. The third-order valence-corrected chi connectivity index (χ3v) is 6.23. The topological polar surface area (TPSA) is 93.2 Å². The van der Waals surface area contributed by atoms with Crippen LogP contribution in [0.15, 0.2) is 41.9 Å². The van der Waals surface area contributed by atoms with Crippen LogP contribution in [0.25, 0.3) is 11.3 Å². The Morgan fingerprint density at radius 2 is 1.91 bits per heavy atom. The van der Waals surface area contributed by atoms with Crippen molar-refractivity contribution in [3.05, 3.63) is 63.2 Å². The molecule has 1 atom stereocenters. The summed E-state index contributed by atoms with van der Waals surface area (Å²) < 4.78 is 54.3. The molecule has 1 aromatic carbocycles. The number of alkyl halides is 3. The molecule has 13 heteroatoms. The molecule has 0 spiro atoms. The number of nitrogens with zero attached hydrogens (tertiary/aromatic N) is 3. The predicted molar refractivity (Wildman–Crippen MR) is 117 cm³/mol. The molecule has 7 nitrogen and oxygen atoms in total. The quantitative estimate of drug-likeness (QED) is 0.572. The summed E-state index contributed by atoms with van der Waals surface area (Å²) in [5.74, 6) is -3.80. The van der Waals surface area contributed by atoms with Gasteiger partial charge in [-0.2, -0.15) is 18.3 Å². The van der Waals surface area contributed by atoms with Crippen LogP contribution >= 0.6 is 23.2 Å². The summed E-state index contributed by atoms with van der Waals surface area (Å²) in [5.41, 5.74) is 6.49. The van der Waals surface area contributed by atoms with Crippen molar-refractivity contribution < 1.29 is 27.2 Å². The summed E-state index contributed by atoms with van der Waals surface area (Å²) in [6.45, 7) is 0.237. The first-order valence-corrected chi connectivity index (χ1v) is 10.7. The summed E-state index contributed by atoms with van der Waals surface area (Å²) in [6.07, 6.45) is -3.83. The molecule has 3 N–H and O–H groups in total. The normalized spacial score (nSPS) is 18.2. The Morgan fingerprint density at radius 3 is 2.56 bits per heavy atom. The monoisotopic (exact) mass is 517 g/mol. The number of carbonyl (C=O) groups excluding carboxylic acids is 2. The molecule has 0 bridgehead atoms. The van der Waals surface area contributed by atoms with Gasteiger partial charge in [0, 0.05) is 24.2 Å². The van der Waals surface area contributed by atoms with Crippen LogP contribution in [0.5, 0.6) is 0 Å². The zero-order valence-corrected chi connectivity index (χ0v) is 18.8. The van der Waals surface area contributed by atoms with Crippen molar-refractivity contribution in [1.82, 2.24) is 20.0 Å². The highest BCUT2D eigenvalue weighted by Gasteiger charge is 2.40. The van der Waals surface area contributed by atoms with Gasteiger partial charge in [-0.25, -0.2) is 9.18 Å². The van der Waals surface area contributed by atoms with Gasteiger partial charge >= 0.3 is 12.2 Å². The van der Waals surface area contributed by atoms with Gasteiger partial charge < -0.3 is 16.0 Å². The highest BCUT2D eigenvalue weighted by atomic mass is 35.5. The van der Waals surface area contributed by atoms with Crippen LogP contribution in [0.2, 0.25) is 10.0 Å². The summed E-state index contributed by atoms with van der Waals surface area (Å²) in [4.78, 5) is 26.3. The highest BCUT2D eigenvalue weighted by Crippen LogP contribution is 2.36. The van der Waals surface area contributed by atoms with Crippen LogP contribution in [-0.2, 0) is 13.1 Å². The number of primary amides is 1. The number of hydrogen-bond acceptors (Lipinski definition) is 3. The van der Waals surface area contributed by atoms with E-state index in [1.165, 1.54) is 15.6 Å². The van der Waals surface area contributed by atoms with Crippen LogP contribution in [0.4, 0.5) is 22.4 Å². The standard InChI is InChI=1S/C21H17Cl2F4N5O2/c22-14-2-1-10(5-15(14)23)18-17(19(28)33)16-9-31(3-4-32(16)30-18)20(34)29-13-7-11(21(25,26)27)6-12(24)8-13/h1-2,5,7-8,11H,3-4,6,9H2,(H2,28,33)(H,29,34). The zero-order chi connectivity index (χ0) is 24.8. The smallest absolute Gasteiger partial charge is 0.365 e. The molecule has 2 aromatic rings. The summed E-state index contributed by atoms with van der Waals surface area (Å²) in [6, 6.07) is 3.94. The largest absolute Gasteiger partial charge is 0.395 e. The second-order valence-electron chi connectivity index (χ2n) is 7.80. The maximum Gasteiger partial charge on any atom is 0.395 e. The number of urea groups is 1. The molecule has 4 rings (SSSR count). The number of fused-ring (bicyclic) bond motifs is 1. The second-order valence-corrected chi connectivity index (χ2v) is 8.62. The van der Waals surface area contributed by atoms with Crippen molar-refractivity contribution in [1.29, 1.82) is 0 Å². The number of nitrogens with two attached hydrogens (primary N) is 1. The number of halogens is 6. The number of benzene rings is 1. The maximum absolute atomic E-state index is 13.7. The lowest BCUT2D eigenvalue weighted by Crippen LogP contribution is -2.44. The highest BCUT2D eigenvalue weighted by molar-refractivity contribution is 6.42. The first-order chi connectivity index (χ1) is 15.9. The molecule has 1 aliphatic carbocycles.